The summed E-state index contributed by atoms with van der Waals surface area (Å²) in [5.74, 6) is -0.0858. The van der Waals surface area contributed by atoms with Gasteiger partial charge in [0.25, 0.3) is 21.5 Å². The van der Waals surface area contributed by atoms with Crippen molar-refractivity contribution in [1.29, 1.82) is 0 Å². The van der Waals surface area contributed by atoms with Crippen molar-refractivity contribution in [3.63, 3.8) is 0 Å². The zero-order chi connectivity index (χ0) is 24.5. The van der Waals surface area contributed by atoms with Crippen LogP contribution in [-0.4, -0.2) is 62.0 Å². The molecule has 4 rings (SSSR count). The van der Waals surface area contributed by atoms with Crippen LogP contribution in [0, 0.1) is 6.92 Å². The number of amides is 1. The summed E-state index contributed by atoms with van der Waals surface area (Å²) in [6, 6.07) is 13.0. The average molecular weight is 487 g/mol. The van der Waals surface area contributed by atoms with Gasteiger partial charge in [0.1, 0.15) is 11.4 Å². The van der Waals surface area contributed by atoms with E-state index < -0.39 is 15.6 Å². The molecule has 0 bridgehead atoms. The minimum atomic E-state index is -4.18. The fraction of sp³-hybridized carbons (Fsp3) is 0.304. The fourth-order valence-corrected chi connectivity index (χ4v) is 4.98. The number of hydrogen-bond donors (Lipinski definition) is 1. The average Bonchev–Trinajstić information content (AvgIpc) is 3.06. The zero-order valence-corrected chi connectivity index (χ0v) is 20.0. The number of rotatable bonds is 6. The molecule has 1 aliphatic heterocycles. The number of nitrogens with one attached hydrogen (secondary N) is 1. The van der Waals surface area contributed by atoms with Crippen LogP contribution in [0.2, 0.25) is 0 Å². The number of anilines is 1. The monoisotopic (exact) mass is 486 g/mol. The van der Waals surface area contributed by atoms with Crippen LogP contribution in [0.4, 0.5) is 5.69 Å². The third kappa shape index (κ3) is 4.31. The molecule has 1 N–H and O–H groups in total. The molecule has 0 radical (unpaired) electrons. The summed E-state index contributed by atoms with van der Waals surface area (Å²) in [5, 5.41) is 0. The van der Waals surface area contributed by atoms with E-state index in [9.17, 15) is 18.0 Å². The van der Waals surface area contributed by atoms with Crippen LogP contribution in [-0.2, 0) is 21.8 Å². The van der Waals surface area contributed by atoms with Gasteiger partial charge in [-0.2, -0.15) is 0 Å². The number of nitrogens with zero attached hydrogens (tertiary/aromatic N) is 3. The Balaban J connectivity index is 1.71. The van der Waals surface area contributed by atoms with Gasteiger partial charge < -0.3 is 14.4 Å². The number of ether oxygens (including phenoxy) is 2. The minimum absolute atomic E-state index is 0.0665. The Morgan fingerprint density at radius 2 is 1.76 bits per heavy atom. The molecule has 2 heterocycles. The lowest BCUT2D eigenvalue weighted by molar-refractivity contribution is 0.0300. The molecule has 180 valence electrons. The maximum atomic E-state index is 13.3. The topological polar surface area (TPSA) is 112 Å². The first-order valence-corrected chi connectivity index (χ1v) is 12.1. The molecule has 0 aliphatic carbocycles. The van der Waals surface area contributed by atoms with Crippen LogP contribution in [0.3, 0.4) is 0 Å². The first-order chi connectivity index (χ1) is 16.2. The van der Waals surface area contributed by atoms with Gasteiger partial charge in [-0.1, -0.05) is 18.2 Å². The molecule has 1 saturated heterocycles. The van der Waals surface area contributed by atoms with Crippen molar-refractivity contribution >= 4 is 21.6 Å². The van der Waals surface area contributed by atoms with E-state index in [0.29, 0.717) is 37.7 Å². The molecule has 2 aromatic carbocycles. The molecule has 0 unspecified atom stereocenters. The van der Waals surface area contributed by atoms with Crippen molar-refractivity contribution in [1.82, 2.24) is 14.3 Å². The Kier molecular flexibility index (Phi) is 6.49. The Labute approximate surface area is 197 Å². The summed E-state index contributed by atoms with van der Waals surface area (Å²) >= 11 is 0. The number of methoxy groups -OCH3 is 1. The highest BCUT2D eigenvalue weighted by Crippen LogP contribution is 2.26. The van der Waals surface area contributed by atoms with Crippen molar-refractivity contribution in [3.8, 4) is 11.4 Å². The van der Waals surface area contributed by atoms with E-state index in [1.807, 2.05) is 6.07 Å². The van der Waals surface area contributed by atoms with Gasteiger partial charge in [0.05, 0.1) is 42.2 Å². The lowest BCUT2D eigenvalue weighted by Crippen LogP contribution is -2.40. The number of hydrogen-bond acceptors (Lipinski definition) is 6. The molecule has 34 heavy (non-hydrogen) atoms. The Morgan fingerprint density at radius 3 is 2.41 bits per heavy atom. The molecule has 0 spiro atoms. The number of carbonyl (C=O) groups excluding carboxylic acids is 1. The lowest BCUT2D eigenvalue weighted by atomic mass is 10.1. The number of morpholine rings is 1. The summed E-state index contributed by atoms with van der Waals surface area (Å²) in [5.41, 5.74) is 0.594. The summed E-state index contributed by atoms with van der Waals surface area (Å²) in [4.78, 5) is 27.6. The summed E-state index contributed by atoms with van der Waals surface area (Å²) in [7, 11) is -1.09. The van der Waals surface area contributed by atoms with Crippen LogP contribution in [0.1, 0.15) is 16.1 Å². The summed E-state index contributed by atoms with van der Waals surface area (Å²) in [6.07, 6.45) is 0. The number of carbonyl (C=O) groups is 1. The van der Waals surface area contributed by atoms with Gasteiger partial charge >= 0.3 is 0 Å². The van der Waals surface area contributed by atoms with E-state index in [4.69, 9.17) is 9.47 Å². The molecule has 1 aliphatic rings. The number of benzene rings is 2. The molecule has 10 nitrogen and oxygen atoms in total. The van der Waals surface area contributed by atoms with Gasteiger partial charge in [-0.25, -0.2) is 13.1 Å². The molecule has 1 amide bonds. The van der Waals surface area contributed by atoms with Gasteiger partial charge in [-0.3, -0.25) is 19.0 Å². The van der Waals surface area contributed by atoms with Gasteiger partial charge in [0.2, 0.25) is 0 Å². The van der Waals surface area contributed by atoms with Gasteiger partial charge in [-0.05, 0) is 37.3 Å². The Morgan fingerprint density at radius 1 is 1.09 bits per heavy atom. The SMILES string of the molecule is COc1ccc(S(=O)(=O)Nc2c(C)n(C)n(-c3ccccc3)c2=O)cc1C(=O)N1CCOCC1. The van der Waals surface area contributed by atoms with Crippen molar-refractivity contribution in [2.75, 3.05) is 38.1 Å². The Bertz CT molecular complexity index is 1370. The Hall–Kier alpha value is -3.57. The molecular weight excluding hydrogens is 460 g/mol. The van der Waals surface area contributed by atoms with E-state index in [1.165, 1.54) is 30.0 Å². The van der Waals surface area contributed by atoms with Crippen molar-refractivity contribution < 1.29 is 22.7 Å². The second kappa shape index (κ2) is 9.35. The van der Waals surface area contributed by atoms with Crippen LogP contribution >= 0.6 is 0 Å². The molecule has 0 saturated carbocycles. The first-order valence-electron chi connectivity index (χ1n) is 10.7. The number of aromatic nitrogens is 2. The molecule has 11 heteroatoms. The smallest absolute Gasteiger partial charge is 0.296 e. The third-order valence-corrected chi connectivity index (χ3v) is 7.15. The van der Waals surface area contributed by atoms with Crippen molar-refractivity contribution in [3.05, 3.63) is 70.1 Å². The minimum Gasteiger partial charge on any atom is -0.496 e. The van der Waals surface area contributed by atoms with E-state index in [1.54, 1.807) is 47.8 Å². The highest BCUT2D eigenvalue weighted by Gasteiger charge is 2.27. The van der Waals surface area contributed by atoms with Crippen LogP contribution in [0.15, 0.2) is 58.2 Å². The van der Waals surface area contributed by atoms with Gasteiger partial charge in [0.15, 0.2) is 0 Å². The van der Waals surface area contributed by atoms with Crippen LogP contribution in [0.25, 0.3) is 5.69 Å². The number of para-hydroxylation sites is 1. The van der Waals surface area contributed by atoms with Crippen LogP contribution < -0.4 is 15.0 Å². The second-order valence-corrected chi connectivity index (χ2v) is 9.49. The molecule has 1 aromatic heterocycles. The zero-order valence-electron chi connectivity index (χ0n) is 19.1. The summed E-state index contributed by atoms with van der Waals surface area (Å²) < 4.78 is 42.5. The van der Waals surface area contributed by atoms with Crippen LogP contribution in [0.5, 0.6) is 5.75 Å². The lowest BCUT2D eigenvalue weighted by Gasteiger charge is -2.27. The van der Waals surface area contributed by atoms with Gasteiger partial charge in [0, 0.05) is 20.1 Å². The normalized spacial score (nSPS) is 14.1. The highest BCUT2D eigenvalue weighted by molar-refractivity contribution is 7.92. The molecule has 1 fully saturated rings. The fourth-order valence-electron chi connectivity index (χ4n) is 3.84. The van der Waals surface area contributed by atoms with Crippen molar-refractivity contribution in [2.24, 2.45) is 7.05 Å². The maximum Gasteiger partial charge on any atom is 0.296 e. The second-order valence-electron chi connectivity index (χ2n) is 7.81. The number of sulfonamides is 1. The highest BCUT2D eigenvalue weighted by atomic mass is 32.2. The van der Waals surface area contributed by atoms with E-state index in [0.717, 1.165) is 0 Å². The third-order valence-electron chi connectivity index (χ3n) is 5.80. The molecule has 3 aromatic rings. The standard InChI is InChI=1S/C23H26N4O6S/c1-16-21(23(29)27(25(16)2)17-7-5-4-6-8-17)24-34(30,31)18-9-10-20(32-3)19(15-18)22(28)26-11-13-33-14-12-26/h4-10,15,24H,11-14H2,1-3H3. The van der Waals surface area contributed by atoms with Crippen molar-refractivity contribution in [2.45, 2.75) is 11.8 Å². The predicted octanol–water partition coefficient (Wildman–Crippen LogP) is 1.77. The van der Waals surface area contributed by atoms with Gasteiger partial charge in [-0.15, -0.1) is 0 Å². The van der Waals surface area contributed by atoms with E-state index in [-0.39, 0.29) is 27.8 Å². The quantitative estimate of drug-likeness (QED) is 0.568. The van der Waals surface area contributed by atoms with E-state index in [2.05, 4.69) is 4.72 Å². The molecule has 0 atom stereocenters. The maximum absolute atomic E-state index is 13.3. The van der Waals surface area contributed by atoms with E-state index >= 15 is 0 Å². The molecular formula is C23H26N4O6S. The predicted molar refractivity (Wildman–Crippen MR) is 126 cm³/mol. The largest absolute Gasteiger partial charge is 0.496 e. The summed E-state index contributed by atoms with van der Waals surface area (Å²) in [6.45, 7) is 3.28. The first kappa shape index (κ1) is 23.6.